The van der Waals surface area contributed by atoms with E-state index in [0.29, 0.717) is 5.92 Å². The highest BCUT2D eigenvalue weighted by molar-refractivity contribution is 5.87. The molecule has 0 saturated carbocycles. The van der Waals surface area contributed by atoms with Crippen LogP contribution in [0.2, 0.25) is 0 Å². The third kappa shape index (κ3) is 3.79. The molecule has 1 atom stereocenters. The predicted octanol–water partition coefficient (Wildman–Crippen LogP) is 3.42. The minimum atomic E-state index is 0.0102. The maximum Gasteiger partial charge on any atom is 0.245 e. The molecule has 0 unspecified atom stereocenters. The summed E-state index contributed by atoms with van der Waals surface area (Å²) in [5.41, 5.74) is 2.16. The lowest BCUT2D eigenvalue weighted by Gasteiger charge is -2.32. The van der Waals surface area contributed by atoms with Gasteiger partial charge in [0.05, 0.1) is 0 Å². The monoisotopic (exact) mass is 322 g/mol. The first kappa shape index (κ1) is 16.2. The van der Waals surface area contributed by atoms with E-state index in [1.807, 2.05) is 42.3 Å². The van der Waals surface area contributed by atoms with E-state index in [0.717, 1.165) is 43.3 Å². The first-order valence-corrected chi connectivity index (χ1v) is 8.23. The van der Waals surface area contributed by atoms with E-state index < -0.39 is 0 Å². The van der Waals surface area contributed by atoms with E-state index in [-0.39, 0.29) is 5.91 Å². The topological polar surface area (TPSA) is 58.1 Å². The van der Waals surface area contributed by atoms with Crippen LogP contribution in [0.25, 0.3) is 0 Å². The van der Waals surface area contributed by atoms with Crippen molar-refractivity contribution in [2.75, 3.05) is 18.4 Å². The van der Waals surface area contributed by atoms with Gasteiger partial charge in [-0.1, -0.05) is 12.6 Å². The summed E-state index contributed by atoms with van der Waals surface area (Å²) in [6, 6.07) is 9.93. The standard InChI is InChI=1S/C19H22N4O/c1-3-19(24)23-11-5-7-16(13-23)15-9-10-20-18(12-15)22-17-8-4-6-14(2)21-17/h3-4,6,8-10,12,16H,1,5,7,11,13H2,2H3,(H,20,21,22)/t16-/m1/s1. The van der Waals surface area contributed by atoms with Crippen LogP contribution in [-0.4, -0.2) is 33.9 Å². The van der Waals surface area contributed by atoms with Gasteiger partial charge in [0.15, 0.2) is 0 Å². The lowest BCUT2D eigenvalue weighted by Crippen LogP contribution is -2.38. The summed E-state index contributed by atoms with van der Waals surface area (Å²) in [6.45, 7) is 7.09. The van der Waals surface area contributed by atoms with Gasteiger partial charge in [-0.3, -0.25) is 4.79 Å². The largest absolute Gasteiger partial charge is 0.339 e. The maximum absolute atomic E-state index is 11.9. The van der Waals surface area contributed by atoms with Crippen LogP contribution in [0.3, 0.4) is 0 Å². The SMILES string of the molecule is C=CC(=O)N1CCC[C@@H](c2ccnc(Nc3cccc(C)n3)c2)C1. The number of anilines is 2. The van der Waals surface area contributed by atoms with E-state index in [1.54, 1.807) is 0 Å². The number of carbonyl (C=O) groups is 1. The Hall–Kier alpha value is -2.69. The molecule has 1 aliphatic rings. The van der Waals surface area contributed by atoms with Crippen LogP contribution in [0.1, 0.15) is 30.0 Å². The zero-order valence-corrected chi connectivity index (χ0v) is 13.9. The Kier molecular flexibility index (Phi) is 4.89. The average Bonchev–Trinajstić information content (AvgIpc) is 2.61. The molecule has 1 N–H and O–H groups in total. The highest BCUT2D eigenvalue weighted by Gasteiger charge is 2.23. The highest BCUT2D eigenvalue weighted by atomic mass is 16.2. The fourth-order valence-electron chi connectivity index (χ4n) is 3.09. The molecule has 124 valence electrons. The molecule has 1 amide bonds. The van der Waals surface area contributed by atoms with Crippen LogP contribution in [0.15, 0.2) is 49.2 Å². The molecule has 0 radical (unpaired) electrons. The van der Waals surface area contributed by atoms with Crippen molar-refractivity contribution in [2.45, 2.75) is 25.7 Å². The molecule has 3 rings (SSSR count). The Morgan fingerprint density at radius 3 is 3.04 bits per heavy atom. The van der Waals surface area contributed by atoms with Crippen LogP contribution in [0.4, 0.5) is 11.6 Å². The molecular formula is C19H22N4O. The zero-order valence-electron chi connectivity index (χ0n) is 13.9. The first-order chi connectivity index (χ1) is 11.7. The molecule has 24 heavy (non-hydrogen) atoms. The second-order valence-electron chi connectivity index (χ2n) is 6.09. The molecule has 5 heteroatoms. The molecule has 1 fully saturated rings. The van der Waals surface area contributed by atoms with Crippen molar-refractivity contribution in [3.63, 3.8) is 0 Å². The van der Waals surface area contributed by atoms with Gasteiger partial charge in [-0.25, -0.2) is 9.97 Å². The molecule has 2 aromatic rings. The van der Waals surface area contributed by atoms with Crippen LogP contribution in [0, 0.1) is 6.92 Å². The van der Waals surface area contributed by atoms with Gasteiger partial charge < -0.3 is 10.2 Å². The molecule has 0 spiro atoms. The molecule has 2 aromatic heterocycles. The number of amides is 1. The molecule has 0 aromatic carbocycles. The van der Waals surface area contributed by atoms with Crippen molar-refractivity contribution in [3.05, 3.63) is 60.4 Å². The maximum atomic E-state index is 11.9. The van der Waals surface area contributed by atoms with Gasteiger partial charge in [0.25, 0.3) is 0 Å². The van der Waals surface area contributed by atoms with Crippen molar-refractivity contribution in [2.24, 2.45) is 0 Å². The average molecular weight is 322 g/mol. The molecule has 0 aliphatic carbocycles. The fraction of sp³-hybridized carbons (Fsp3) is 0.316. The Balaban J connectivity index is 1.75. The second kappa shape index (κ2) is 7.25. The number of nitrogens with one attached hydrogen (secondary N) is 1. The second-order valence-corrected chi connectivity index (χ2v) is 6.09. The van der Waals surface area contributed by atoms with Gasteiger partial charge in [0.2, 0.25) is 5.91 Å². The van der Waals surface area contributed by atoms with Gasteiger partial charge >= 0.3 is 0 Å². The Labute approximate surface area is 142 Å². The third-order valence-corrected chi connectivity index (χ3v) is 4.31. The third-order valence-electron chi connectivity index (χ3n) is 4.31. The molecule has 0 bridgehead atoms. The summed E-state index contributed by atoms with van der Waals surface area (Å²) >= 11 is 0. The Morgan fingerprint density at radius 2 is 2.25 bits per heavy atom. The number of nitrogens with zero attached hydrogens (tertiary/aromatic N) is 3. The van der Waals surface area contributed by atoms with Crippen molar-refractivity contribution in [3.8, 4) is 0 Å². The van der Waals surface area contributed by atoms with Crippen LogP contribution >= 0.6 is 0 Å². The number of carbonyl (C=O) groups excluding carboxylic acids is 1. The summed E-state index contributed by atoms with van der Waals surface area (Å²) in [7, 11) is 0. The number of piperidine rings is 1. The summed E-state index contributed by atoms with van der Waals surface area (Å²) in [4.78, 5) is 22.6. The van der Waals surface area contributed by atoms with E-state index in [4.69, 9.17) is 0 Å². The smallest absolute Gasteiger partial charge is 0.245 e. The lowest BCUT2D eigenvalue weighted by atomic mass is 9.91. The fourth-order valence-corrected chi connectivity index (χ4v) is 3.09. The van der Waals surface area contributed by atoms with Crippen molar-refractivity contribution in [1.82, 2.24) is 14.9 Å². The molecule has 3 heterocycles. The normalized spacial score (nSPS) is 17.4. The predicted molar refractivity (Wildman–Crippen MR) is 95.2 cm³/mol. The zero-order chi connectivity index (χ0) is 16.9. The van der Waals surface area contributed by atoms with Crippen LogP contribution in [-0.2, 0) is 4.79 Å². The summed E-state index contributed by atoms with van der Waals surface area (Å²) < 4.78 is 0. The van der Waals surface area contributed by atoms with Gasteiger partial charge in [0, 0.05) is 30.9 Å². The first-order valence-electron chi connectivity index (χ1n) is 8.23. The minimum absolute atomic E-state index is 0.0102. The van der Waals surface area contributed by atoms with Gasteiger partial charge in [-0.2, -0.15) is 0 Å². The Bertz CT molecular complexity index is 744. The molecule has 1 aliphatic heterocycles. The molecule has 1 saturated heterocycles. The van der Waals surface area contributed by atoms with Crippen molar-refractivity contribution in [1.29, 1.82) is 0 Å². The van der Waals surface area contributed by atoms with Gasteiger partial charge in [-0.05, 0) is 55.7 Å². The summed E-state index contributed by atoms with van der Waals surface area (Å²) in [6.07, 6.45) is 5.29. The van der Waals surface area contributed by atoms with Gasteiger partial charge in [-0.15, -0.1) is 0 Å². The van der Waals surface area contributed by atoms with E-state index in [1.165, 1.54) is 11.6 Å². The van der Waals surface area contributed by atoms with Crippen molar-refractivity contribution < 1.29 is 4.79 Å². The number of hydrogen-bond donors (Lipinski definition) is 1. The number of hydrogen-bond acceptors (Lipinski definition) is 4. The quantitative estimate of drug-likeness (QED) is 0.876. The van der Waals surface area contributed by atoms with Crippen LogP contribution < -0.4 is 5.32 Å². The summed E-state index contributed by atoms with van der Waals surface area (Å²) in [5.74, 6) is 1.90. The summed E-state index contributed by atoms with van der Waals surface area (Å²) in [5, 5.41) is 3.25. The van der Waals surface area contributed by atoms with Crippen LogP contribution in [0.5, 0.6) is 0 Å². The Morgan fingerprint density at radius 1 is 1.38 bits per heavy atom. The number of aryl methyl sites for hydroxylation is 1. The van der Waals surface area contributed by atoms with Crippen molar-refractivity contribution >= 4 is 17.5 Å². The number of rotatable bonds is 4. The minimum Gasteiger partial charge on any atom is -0.339 e. The molecule has 5 nitrogen and oxygen atoms in total. The highest BCUT2D eigenvalue weighted by Crippen LogP contribution is 2.28. The number of pyridine rings is 2. The van der Waals surface area contributed by atoms with E-state index in [9.17, 15) is 4.79 Å². The van der Waals surface area contributed by atoms with E-state index >= 15 is 0 Å². The lowest BCUT2D eigenvalue weighted by molar-refractivity contribution is -0.127. The number of aromatic nitrogens is 2. The number of likely N-dealkylation sites (tertiary alicyclic amines) is 1. The molecular weight excluding hydrogens is 300 g/mol. The van der Waals surface area contributed by atoms with Gasteiger partial charge in [0.1, 0.15) is 11.6 Å². The van der Waals surface area contributed by atoms with E-state index in [2.05, 4.69) is 27.9 Å².